The predicted molar refractivity (Wildman–Crippen MR) is 89.7 cm³/mol. The van der Waals surface area contributed by atoms with Crippen LogP contribution in [0, 0.1) is 11.8 Å². The molecular formula is C19H40. The van der Waals surface area contributed by atoms with Crippen molar-refractivity contribution in [3.05, 3.63) is 0 Å². The summed E-state index contributed by atoms with van der Waals surface area (Å²) in [4.78, 5) is 0. The Balaban J connectivity index is 3.10. The van der Waals surface area contributed by atoms with Gasteiger partial charge in [0.25, 0.3) is 0 Å². The predicted octanol–water partition coefficient (Wildman–Crippen LogP) is 7.37. The fourth-order valence-corrected chi connectivity index (χ4v) is 2.77. The van der Waals surface area contributed by atoms with Crippen molar-refractivity contribution >= 4 is 0 Å². The van der Waals surface area contributed by atoms with E-state index in [1.54, 1.807) is 0 Å². The van der Waals surface area contributed by atoms with Crippen molar-refractivity contribution in [2.75, 3.05) is 0 Å². The van der Waals surface area contributed by atoms with E-state index in [0.717, 1.165) is 11.8 Å². The van der Waals surface area contributed by atoms with Gasteiger partial charge in [0.05, 0.1) is 0 Å². The summed E-state index contributed by atoms with van der Waals surface area (Å²) in [5.74, 6) is 1.92. The van der Waals surface area contributed by atoms with Gasteiger partial charge >= 0.3 is 0 Å². The maximum atomic E-state index is 2.44. The summed E-state index contributed by atoms with van der Waals surface area (Å²) in [6.45, 7) is 9.43. The second kappa shape index (κ2) is 14.4. The zero-order valence-electron chi connectivity index (χ0n) is 14.3. The third kappa shape index (κ3) is 14.2. The van der Waals surface area contributed by atoms with Crippen LogP contribution in [0.4, 0.5) is 0 Å². The third-order valence-corrected chi connectivity index (χ3v) is 4.64. The van der Waals surface area contributed by atoms with Gasteiger partial charge in [0.1, 0.15) is 0 Å². The van der Waals surface area contributed by atoms with Crippen LogP contribution in [0.3, 0.4) is 0 Å². The van der Waals surface area contributed by atoms with Gasteiger partial charge in [0.15, 0.2) is 0 Å². The molecule has 116 valence electrons. The van der Waals surface area contributed by atoms with E-state index in [1.165, 1.54) is 83.5 Å². The Morgan fingerprint density at radius 2 is 0.947 bits per heavy atom. The summed E-state index contributed by atoms with van der Waals surface area (Å²) < 4.78 is 0. The number of rotatable bonds is 14. The lowest BCUT2D eigenvalue weighted by Crippen LogP contribution is -1.94. The van der Waals surface area contributed by atoms with Gasteiger partial charge in [-0.1, -0.05) is 111 Å². The smallest absolute Gasteiger partial charge is 0.0443 e. The maximum absolute atomic E-state index is 2.44. The molecule has 0 radical (unpaired) electrons. The molecule has 0 aromatic carbocycles. The fraction of sp³-hybridized carbons (Fsp3) is 1.00. The van der Waals surface area contributed by atoms with Crippen LogP contribution in [0.15, 0.2) is 0 Å². The zero-order chi connectivity index (χ0) is 14.3. The van der Waals surface area contributed by atoms with E-state index in [1.807, 2.05) is 0 Å². The molecule has 0 heteroatoms. The van der Waals surface area contributed by atoms with Crippen LogP contribution < -0.4 is 0 Å². The zero-order valence-corrected chi connectivity index (χ0v) is 14.3. The van der Waals surface area contributed by atoms with Crippen molar-refractivity contribution in [1.82, 2.24) is 0 Å². The largest absolute Gasteiger partial charge is 0.0654 e. The minimum absolute atomic E-state index is 0.949. The van der Waals surface area contributed by atoms with E-state index in [4.69, 9.17) is 0 Å². The quantitative estimate of drug-likeness (QED) is 0.288. The first-order valence-electron chi connectivity index (χ1n) is 9.20. The molecule has 1 unspecified atom stereocenters. The minimum atomic E-state index is 0.949. The molecule has 0 fully saturated rings. The van der Waals surface area contributed by atoms with Gasteiger partial charge in [-0.3, -0.25) is 0 Å². The summed E-state index contributed by atoms with van der Waals surface area (Å²) in [7, 11) is 0. The SMILES string of the molecule is CCCCC(C)CCCCCCCCC[C@H](C)CC. The highest BCUT2D eigenvalue weighted by atomic mass is 14.1. The molecule has 0 aromatic rings. The lowest BCUT2D eigenvalue weighted by molar-refractivity contribution is 0.437. The molecule has 0 nitrogen and oxygen atoms in total. The summed E-state index contributed by atoms with van der Waals surface area (Å²) in [5.41, 5.74) is 0. The van der Waals surface area contributed by atoms with Crippen LogP contribution >= 0.6 is 0 Å². The van der Waals surface area contributed by atoms with Crippen molar-refractivity contribution in [3.8, 4) is 0 Å². The van der Waals surface area contributed by atoms with Gasteiger partial charge in [0, 0.05) is 0 Å². The highest BCUT2D eigenvalue weighted by molar-refractivity contribution is 4.55. The standard InChI is InChI=1S/C19H40/c1-5-7-15-19(4)17-14-12-10-8-9-11-13-16-18(3)6-2/h18-19H,5-17H2,1-4H3/t18-,19?/m1/s1. The lowest BCUT2D eigenvalue weighted by Gasteiger charge is -2.10. The Bertz CT molecular complexity index is 161. The number of unbranched alkanes of at least 4 members (excludes halogenated alkanes) is 7. The van der Waals surface area contributed by atoms with Gasteiger partial charge in [0.2, 0.25) is 0 Å². The molecule has 0 aliphatic rings. The van der Waals surface area contributed by atoms with E-state index < -0.39 is 0 Å². The molecule has 0 rings (SSSR count). The van der Waals surface area contributed by atoms with Gasteiger partial charge < -0.3 is 0 Å². The molecule has 2 atom stereocenters. The molecule has 0 N–H and O–H groups in total. The van der Waals surface area contributed by atoms with Crippen molar-refractivity contribution in [3.63, 3.8) is 0 Å². The summed E-state index contributed by atoms with van der Waals surface area (Å²) >= 11 is 0. The van der Waals surface area contributed by atoms with Gasteiger partial charge in [-0.2, -0.15) is 0 Å². The number of hydrogen-bond donors (Lipinski definition) is 0. The van der Waals surface area contributed by atoms with Crippen LogP contribution in [0.5, 0.6) is 0 Å². The first-order chi connectivity index (χ1) is 9.20. The van der Waals surface area contributed by atoms with E-state index in [2.05, 4.69) is 27.7 Å². The Kier molecular flexibility index (Phi) is 14.4. The Hall–Kier alpha value is 0. The molecule has 0 amide bonds. The topological polar surface area (TPSA) is 0 Å². The van der Waals surface area contributed by atoms with Crippen LogP contribution in [-0.2, 0) is 0 Å². The molecular weight excluding hydrogens is 228 g/mol. The molecule has 0 aliphatic carbocycles. The van der Waals surface area contributed by atoms with E-state index in [-0.39, 0.29) is 0 Å². The fourth-order valence-electron chi connectivity index (χ4n) is 2.77. The monoisotopic (exact) mass is 268 g/mol. The molecule has 0 saturated heterocycles. The second-order valence-electron chi connectivity index (χ2n) is 6.81. The van der Waals surface area contributed by atoms with Crippen LogP contribution in [-0.4, -0.2) is 0 Å². The van der Waals surface area contributed by atoms with Crippen LogP contribution in [0.1, 0.15) is 111 Å². The van der Waals surface area contributed by atoms with Gasteiger partial charge in [-0.05, 0) is 11.8 Å². The Morgan fingerprint density at radius 1 is 0.526 bits per heavy atom. The number of hydrogen-bond acceptors (Lipinski definition) is 0. The summed E-state index contributed by atoms with van der Waals surface area (Å²) in [6.07, 6.45) is 18.8. The van der Waals surface area contributed by atoms with E-state index >= 15 is 0 Å². The van der Waals surface area contributed by atoms with Crippen LogP contribution in [0.2, 0.25) is 0 Å². The molecule has 0 saturated carbocycles. The molecule has 0 aromatic heterocycles. The highest BCUT2D eigenvalue weighted by Gasteiger charge is 2.01. The van der Waals surface area contributed by atoms with Crippen molar-refractivity contribution in [2.45, 2.75) is 111 Å². The molecule has 0 heterocycles. The molecule has 0 bridgehead atoms. The maximum Gasteiger partial charge on any atom is -0.0443 e. The first-order valence-corrected chi connectivity index (χ1v) is 9.20. The lowest BCUT2D eigenvalue weighted by atomic mass is 9.96. The van der Waals surface area contributed by atoms with E-state index in [9.17, 15) is 0 Å². The first kappa shape index (κ1) is 19.0. The Labute approximate surface area is 123 Å². The normalized spacial score (nSPS) is 14.5. The summed E-state index contributed by atoms with van der Waals surface area (Å²) in [5, 5.41) is 0. The van der Waals surface area contributed by atoms with E-state index in [0.29, 0.717) is 0 Å². The minimum Gasteiger partial charge on any atom is -0.0654 e. The van der Waals surface area contributed by atoms with Gasteiger partial charge in [-0.25, -0.2) is 0 Å². The third-order valence-electron chi connectivity index (χ3n) is 4.64. The van der Waals surface area contributed by atoms with Crippen molar-refractivity contribution in [2.24, 2.45) is 11.8 Å². The molecule has 0 spiro atoms. The average Bonchev–Trinajstić information content (AvgIpc) is 2.42. The Morgan fingerprint density at radius 3 is 1.42 bits per heavy atom. The summed E-state index contributed by atoms with van der Waals surface area (Å²) in [6, 6.07) is 0. The molecule has 19 heavy (non-hydrogen) atoms. The van der Waals surface area contributed by atoms with Crippen molar-refractivity contribution in [1.29, 1.82) is 0 Å². The van der Waals surface area contributed by atoms with Crippen molar-refractivity contribution < 1.29 is 0 Å². The second-order valence-corrected chi connectivity index (χ2v) is 6.81. The van der Waals surface area contributed by atoms with Crippen LogP contribution in [0.25, 0.3) is 0 Å². The average molecular weight is 269 g/mol. The highest BCUT2D eigenvalue weighted by Crippen LogP contribution is 2.18. The van der Waals surface area contributed by atoms with Gasteiger partial charge in [-0.15, -0.1) is 0 Å². The molecule has 0 aliphatic heterocycles.